The van der Waals surface area contributed by atoms with Gasteiger partial charge in [-0.3, -0.25) is 0 Å². The molecule has 4 nitrogen and oxygen atoms in total. The first kappa shape index (κ1) is 22.5. The van der Waals surface area contributed by atoms with Crippen LogP contribution in [-0.2, 0) is 9.47 Å². The Labute approximate surface area is 182 Å². The van der Waals surface area contributed by atoms with Gasteiger partial charge in [0.15, 0.2) is 8.67 Å². The van der Waals surface area contributed by atoms with Gasteiger partial charge in [-0.05, 0) is 49.3 Å². The smallest absolute Gasteiger partial charge is 0.200 e. The number of halogens is 6. The molecule has 0 aromatic carbocycles. The topological polar surface area (TPSA) is 70.5 Å². The van der Waals surface area contributed by atoms with Crippen LogP contribution in [0.2, 0.25) is 0 Å². The van der Waals surface area contributed by atoms with Crippen LogP contribution in [0.5, 0.6) is 0 Å². The Morgan fingerprint density at radius 2 is 1.00 bits per heavy atom. The molecule has 0 aromatic heterocycles. The van der Waals surface area contributed by atoms with E-state index >= 15 is 0 Å². The van der Waals surface area contributed by atoms with Gasteiger partial charge >= 0.3 is 0 Å². The van der Waals surface area contributed by atoms with Crippen molar-refractivity contribution in [3.8, 4) is 0 Å². The van der Waals surface area contributed by atoms with Gasteiger partial charge in [0.25, 0.3) is 0 Å². The number of ether oxygens (including phenoxy) is 2. The van der Waals surface area contributed by atoms with E-state index in [1.165, 1.54) is 24.3 Å². The van der Waals surface area contributed by atoms with Crippen molar-refractivity contribution < 1.29 is 9.47 Å². The lowest BCUT2D eigenvalue weighted by Gasteiger charge is -2.40. The molecule has 146 valence electrons. The molecule has 0 spiro atoms. The molecule has 0 bridgehead atoms. The van der Waals surface area contributed by atoms with Crippen molar-refractivity contribution in [3.63, 3.8) is 0 Å². The normalized spacial score (nSPS) is 33.1. The zero-order valence-corrected chi connectivity index (χ0v) is 18.5. The summed E-state index contributed by atoms with van der Waals surface area (Å²) in [6, 6.07) is 0. The molecule has 26 heavy (non-hydrogen) atoms. The average Bonchev–Trinajstić information content (AvgIpc) is 2.48. The lowest BCUT2D eigenvalue weighted by molar-refractivity contribution is 0.0845. The van der Waals surface area contributed by atoms with Crippen LogP contribution in [0.3, 0.4) is 0 Å². The first-order valence-electron chi connectivity index (χ1n) is 7.67. The zero-order valence-electron chi connectivity index (χ0n) is 14.0. The second-order valence-electron chi connectivity index (χ2n) is 5.72. The van der Waals surface area contributed by atoms with Gasteiger partial charge < -0.3 is 20.9 Å². The molecule has 0 aromatic rings. The number of nitrogens with two attached hydrogens (primary N) is 2. The monoisotopic (exact) mass is 480 g/mol. The third-order valence-electron chi connectivity index (χ3n) is 3.84. The Kier molecular flexibility index (Phi) is 6.55. The first-order valence-corrected chi connectivity index (χ1v) is 9.94. The highest BCUT2D eigenvalue weighted by Gasteiger charge is 2.49. The van der Waals surface area contributed by atoms with Crippen molar-refractivity contribution >= 4 is 69.6 Å². The van der Waals surface area contributed by atoms with E-state index in [-0.39, 0.29) is 35.8 Å². The summed E-state index contributed by atoms with van der Waals surface area (Å²) in [6.07, 6.45) is 5.63. The molecule has 10 heteroatoms. The van der Waals surface area contributed by atoms with Crippen molar-refractivity contribution in [2.75, 3.05) is 13.2 Å². The Morgan fingerprint density at radius 1 is 0.692 bits per heavy atom. The predicted octanol–water partition coefficient (Wildman–Crippen LogP) is 4.84. The molecular weight excluding hydrogens is 465 g/mol. The van der Waals surface area contributed by atoms with Crippen LogP contribution in [0.4, 0.5) is 0 Å². The third-order valence-corrected chi connectivity index (χ3v) is 5.96. The molecule has 0 amide bonds. The lowest BCUT2D eigenvalue weighted by Crippen LogP contribution is -2.42. The molecule has 0 radical (unpaired) electrons. The second kappa shape index (κ2) is 7.57. The van der Waals surface area contributed by atoms with Crippen molar-refractivity contribution in [3.05, 3.63) is 46.8 Å². The number of allylic oxidation sites excluding steroid dienone is 4. The van der Waals surface area contributed by atoms with E-state index in [4.69, 9.17) is 90.5 Å². The largest absolute Gasteiger partial charge is 0.399 e. The van der Waals surface area contributed by atoms with Gasteiger partial charge in [-0.1, -0.05) is 69.6 Å². The zero-order chi connectivity index (χ0) is 20.0. The van der Waals surface area contributed by atoms with E-state index < -0.39 is 18.8 Å². The fraction of sp³-hybridized carbons (Fsp3) is 0.500. The number of rotatable bonds is 5. The molecule has 0 aliphatic heterocycles. The highest BCUT2D eigenvalue weighted by atomic mass is 35.5. The Morgan fingerprint density at radius 3 is 1.27 bits per heavy atom. The predicted molar refractivity (Wildman–Crippen MR) is 110 cm³/mol. The van der Waals surface area contributed by atoms with Crippen molar-refractivity contribution in [2.45, 2.75) is 32.6 Å². The molecule has 0 saturated heterocycles. The van der Waals surface area contributed by atoms with Gasteiger partial charge in [0, 0.05) is 13.2 Å². The van der Waals surface area contributed by atoms with E-state index in [2.05, 4.69) is 0 Å². The lowest BCUT2D eigenvalue weighted by atomic mass is 9.87. The van der Waals surface area contributed by atoms with E-state index in [0.29, 0.717) is 0 Å². The second-order valence-corrected chi connectivity index (χ2v) is 9.61. The quantitative estimate of drug-likeness (QED) is 0.550. The standard InChI is InChI=1S/C16H18Cl6N2O2/c1-3-25-15(21)5-9(13(17,18)7-11(15)23)10-6-16(22,26-4-2)12(24)8-14(10,19)20/h5-8H,3-4,23-24H2,1-2H3. The Balaban J connectivity index is 2.66. The molecule has 2 aliphatic rings. The van der Waals surface area contributed by atoms with Crippen LogP contribution in [0, 0.1) is 0 Å². The molecule has 2 unspecified atom stereocenters. The van der Waals surface area contributed by atoms with Gasteiger partial charge in [0.05, 0.1) is 11.4 Å². The molecule has 4 N–H and O–H groups in total. The fourth-order valence-corrected chi connectivity index (χ4v) is 4.30. The van der Waals surface area contributed by atoms with Crippen LogP contribution >= 0.6 is 69.6 Å². The Bertz CT molecular complexity index is 656. The summed E-state index contributed by atoms with van der Waals surface area (Å²) in [5, 5.41) is -2.93. The summed E-state index contributed by atoms with van der Waals surface area (Å²) >= 11 is 38.8. The minimum atomic E-state index is -1.58. The number of alkyl halides is 6. The molecule has 2 atom stereocenters. The summed E-state index contributed by atoms with van der Waals surface area (Å²) in [6.45, 7) is 4.11. The SMILES string of the molecule is CCOC1(Cl)C=C(C2=CC(Cl)(OCC)C(N)=CC2(Cl)Cl)C(Cl)(Cl)C=C1N. The molecule has 2 aliphatic carbocycles. The van der Waals surface area contributed by atoms with Crippen molar-refractivity contribution in [1.29, 1.82) is 0 Å². The van der Waals surface area contributed by atoms with E-state index in [0.717, 1.165) is 0 Å². The maximum absolute atomic E-state index is 6.49. The van der Waals surface area contributed by atoms with Crippen LogP contribution < -0.4 is 11.5 Å². The molecule has 2 rings (SSSR count). The maximum Gasteiger partial charge on any atom is 0.200 e. The van der Waals surface area contributed by atoms with Crippen LogP contribution in [0.1, 0.15) is 13.8 Å². The summed E-state index contributed by atoms with van der Waals surface area (Å²) in [4.78, 5) is 0. The molecular formula is C16H18Cl6N2O2. The van der Waals surface area contributed by atoms with Crippen LogP contribution in [-0.4, -0.2) is 32.0 Å². The van der Waals surface area contributed by atoms with E-state index in [1.807, 2.05) is 0 Å². The Hall–Kier alpha value is 0.220. The van der Waals surface area contributed by atoms with Gasteiger partial charge in [0.1, 0.15) is 0 Å². The first-order chi connectivity index (χ1) is 11.8. The van der Waals surface area contributed by atoms with E-state index in [1.54, 1.807) is 13.8 Å². The fourth-order valence-electron chi connectivity index (χ4n) is 2.66. The van der Waals surface area contributed by atoms with Crippen molar-refractivity contribution in [1.82, 2.24) is 0 Å². The average molecular weight is 483 g/mol. The number of hydrogen-bond acceptors (Lipinski definition) is 4. The summed E-state index contributed by atoms with van der Waals surface area (Å²) in [7, 11) is 0. The number of hydrogen-bond donors (Lipinski definition) is 2. The van der Waals surface area contributed by atoms with E-state index in [9.17, 15) is 0 Å². The summed E-state index contributed by atoms with van der Waals surface area (Å²) < 4.78 is 7.93. The van der Waals surface area contributed by atoms with Crippen LogP contribution in [0.25, 0.3) is 0 Å². The van der Waals surface area contributed by atoms with Gasteiger partial charge in [-0.15, -0.1) is 0 Å². The highest BCUT2D eigenvalue weighted by molar-refractivity contribution is 6.55. The molecule has 0 saturated carbocycles. The van der Waals surface area contributed by atoms with Gasteiger partial charge in [-0.2, -0.15) is 0 Å². The molecule has 0 fully saturated rings. The van der Waals surface area contributed by atoms with Crippen molar-refractivity contribution in [2.24, 2.45) is 11.5 Å². The van der Waals surface area contributed by atoms with Gasteiger partial charge in [-0.25, -0.2) is 0 Å². The summed E-state index contributed by atoms with van der Waals surface area (Å²) in [5.74, 6) is 0. The highest BCUT2D eigenvalue weighted by Crippen LogP contribution is 2.53. The minimum Gasteiger partial charge on any atom is -0.399 e. The molecule has 0 heterocycles. The minimum absolute atomic E-state index is 0.137. The maximum atomic E-state index is 6.49. The van der Waals surface area contributed by atoms with Gasteiger partial charge in [0.2, 0.25) is 10.1 Å². The van der Waals surface area contributed by atoms with Crippen LogP contribution in [0.15, 0.2) is 46.8 Å². The third kappa shape index (κ3) is 4.13. The summed E-state index contributed by atoms with van der Waals surface area (Å²) in [5.41, 5.74) is 12.8.